The van der Waals surface area contributed by atoms with Gasteiger partial charge in [-0.05, 0) is 12.1 Å². The Hall–Kier alpha value is -1.71. The second-order valence-corrected chi connectivity index (χ2v) is 4.73. The molecule has 0 saturated carbocycles. The molecule has 0 aliphatic carbocycles. The van der Waals surface area contributed by atoms with Crippen molar-refractivity contribution < 1.29 is 39.8 Å². The van der Waals surface area contributed by atoms with Crippen molar-refractivity contribution >= 4 is 5.97 Å². The van der Waals surface area contributed by atoms with Crippen LogP contribution in [0.4, 0.5) is 0 Å². The number of para-hydroxylation sites is 1. The number of rotatable bonds is 3. The van der Waals surface area contributed by atoms with E-state index in [9.17, 15) is 25.2 Å². The van der Waals surface area contributed by atoms with Gasteiger partial charge in [-0.3, -0.25) is 0 Å². The maximum atomic E-state index is 11.9. The van der Waals surface area contributed by atoms with Gasteiger partial charge in [0.15, 0.2) is 0 Å². The van der Waals surface area contributed by atoms with Crippen LogP contribution in [0.2, 0.25) is 0 Å². The van der Waals surface area contributed by atoms with Crippen LogP contribution in [0, 0.1) is 0 Å². The van der Waals surface area contributed by atoms with Crippen molar-refractivity contribution in [2.45, 2.75) is 30.7 Å². The molecule has 5 N–H and O–H groups in total. The summed E-state index contributed by atoms with van der Waals surface area (Å²) >= 11 is 0. The van der Waals surface area contributed by atoms with E-state index in [1.165, 1.54) is 24.3 Å². The number of phenols is 1. The topological polar surface area (TPSA) is 137 Å². The molecule has 4 atom stereocenters. The summed E-state index contributed by atoms with van der Waals surface area (Å²) in [5, 5.41) is 47.9. The van der Waals surface area contributed by atoms with E-state index in [0.29, 0.717) is 0 Å². The largest absolute Gasteiger partial charge is 0.507 e. The highest BCUT2D eigenvalue weighted by Crippen LogP contribution is 2.31. The lowest BCUT2D eigenvalue weighted by Crippen LogP contribution is -2.58. The zero-order chi connectivity index (χ0) is 15.6. The number of aliphatic hydroxyl groups excluding tert-OH is 3. The SMILES string of the molecule is O=C(O[C@@]1(O)C[C@H](O)C(CO)O[C@H]1O)c1ccccc1O. The third kappa shape index (κ3) is 3.14. The van der Waals surface area contributed by atoms with Gasteiger partial charge in [0, 0.05) is 6.42 Å². The van der Waals surface area contributed by atoms with Crippen LogP contribution >= 0.6 is 0 Å². The highest BCUT2D eigenvalue weighted by atomic mass is 16.7. The molecule has 0 aromatic heterocycles. The van der Waals surface area contributed by atoms with E-state index in [-0.39, 0.29) is 11.3 Å². The highest BCUT2D eigenvalue weighted by molar-refractivity contribution is 5.92. The van der Waals surface area contributed by atoms with E-state index in [0.717, 1.165) is 0 Å². The maximum Gasteiger partial charge on any atom is 0.344 e. The Bertz CT molecular complexity index is 519. The minimum atomic E-state index is -2.48. The van der Waals surface area contributed by atoms with Crippen LogP contribution in [-0.4, -0.2) is 62.4 Å². The molecule has 1 aromatic rings. The van der Waals surface area contributed by atoms with Gasteiger partial charge in [0.2, 0.25) is 6.29 Å². The van der Waals surface area contributed by atoms with Crippen LogP contribution in [0.1, 0.15) is 16.8 Å². The van der Waals surface area contributed by atoms with Crippen LogP contribution in [0.3, 0.4) is 0 Å². The van der Waals surface area contributed by atoms with Crippen LogP contribution in [-0.2, 0) is 9.47 Å². The molecule has 116 valence electrons. The number of aliphatic hydroxyl groups is 4. The standard InChI is InChI=1S/C13H16O8/c14-6-10-9(16)5-13(19,12(18)20-10)21-11(17)7-3-1-2-4-8(7)15/h1-4,9-10,12,14-16,18-19H,5-6H2/t9-,10?,12+,13-/m0/s1. The van der Waals surface area contributed by atoms with Crippen molar-refractivity contribution in [3.63, 3.8) is 0 Å². The summed E-state index contributed by atoms with van der Waals surface area (Å²) in [4.78, 5) is 11.9. The minimum Gasteiger partial charge on any atom is -0.507 e. The Morgan fingerprint density at radius 2 is 2.05 bits per heavy atom. The lowest BCUT2D eigenvalue weighted by Gasteiger charge is -2.41. The molecule has 0 radical (unpaired) electrons. The lowest BCUT2D eigenvalue weighted by atomic mass is 9.99. The molecule has 8 heteroatoms. The molecular weight excluding hydrogens is 284 g/mol. The summed E-state index contributed by atoms with van der Waals surface area (Å²) in [5.41, 5.74) is -0.211. The number of esters is 1. The monoisotopic (exact) mass is 300 g/mol. The molecule has 8 nitrogen and oxygen atoms in total. The van der Waals surface area contributed by atoms with Crippen molar-refractivity contribution in [1.82, 2.24) is 0 Å². The van der Waals surface area contributed by atoms with Gasteiger partial charge in [-0.2, -0.15) is 0 Å². The second-order valence-electron chi connectivity index (χ2n) is 4.73. The molecule has 1 fully saturated rings. The van der Waals surface area contributed by atoms with E-state index < -0.39 is 43.3 Å². The third-order valence-corrected chi connectivity index (χ3v) is 3.19. The highest BCUT2D eigenvalue weighted by Gasteiger charge is 2.50. The third-order valence-electron chi connectivity index (χ3n) is 3.19. The summed E-state index contributed by atoms with van der Waals surface area (Å²) in [7, 11) is 0. The smallest absolute Gasteiger partial charge is 0.344 e. The normalized spacial score (nSPS) is 32.7. The molecule has 1 heterocycles. The molecule has 0 bridgehead atoms. The zero-order valence-electron chi connectivity index (χ0n) is 10.9. The first-order valence-corrected chi connectivity index (χ1v) is 6.23. The van der Waals surface area contributed by atoms with Gasteiger partial charge in [0.05, 0.1) is 12.7 Å². The molecule has 1 aromatic carbocycles. The molecule has 1 saturated heterocycles. The summed E-state index contributed by atoms with van der Waals surface area (Å²) in [5.74, 6) is -3.93. The molecular formula is C13H16O8. The lowest BCUT2D eigenvalue weighted by molar-refractivity contribution is -0.357. The number of aromatic hydroxyl groups is 1. The number of hydrogen-bond acceptors (Lipinski definition) is 8. The van der Waals surface area contributed by atoms with Gasteiger partial charge < -0.3 is 35.0 Å². The second kappa shape index (κ2) is 5.96. The molecule has 1 aliphatic rings. The van der Waals surface area contributed by atoms with Gasteiger partial charge >= 0.3 is 5.97 Å². The van der Waals surface area contributed by atoms with Crippen molar-refractivity contribution in [2.24, 2.45) is 0 Å². The number of benzene rings is 1. The van der Waals surface area contributed by atoms with E-state index in [2.05, 4.69) is 0 Å². The fraction of sp³-hybridized carbons (Fsp3) is 0.462. The number of phenolic OH excluding ortho intramolecular Hbond substituents is 1. The molecule has 0 spiro atoms. The van der Waals surface area contributed by atoms with Gasteiger partial charge in [-0.25, -0.2) is 4.79 Å². The summed E-state index contributed by atoms with van der Waals surface area (Å²) in [6, 6.07) is 5.49. The Morgan fingerprint density at radius 3 is 2.67 bits per heavy atom. The van der Waals surface area contributed by atoms with Crippen LogP contribution < -0.4 is 0 Å². The van der Waals surface area contributed by atoms with E-state index in [4.69, 9.17) is 14.6 Å². The van der Waals surface area contributed by atoms with E-state index in [1.54, 1.807) is 0 Å². The molecule has 1 aliphatic heterocycles. The number of hydrogen-bond donors (Lipinski definition) is 5. The number of ether oxygens (including phenoxy) is 2. The van der Waals surface area contributed by atoms with Gasteiger partial charge in [0.25, 0.3) is 5.79 Å². The van der Waals surface area contributed by atoms with E-state index in [1.807, 2.05) is 0 Å². The van der Waals surface area contributed by atoms with Crippen LogP contribution in [0.15, 0.2) is 24.3 Å². The summed E-state index contributed by atoms with van der Waals surface area (Å²) in [6.45, 7) is -0.568. The molecule has 0 amide bonds. The Morgan fingerprint density at radius 1 is 1.38 bits per heavy atom. The predicted molar refractivity (Wildman–Crippen MR) is 67.1 cm³/mol. The van der Waals surface area contributed by atoms with Crippen molar-refractivity contribution in [2.75, 3.05) is 6.61 Å². The van der Waals surface area contributed by atoms with Crippen molar-refractivity contribution in [3.8, 4) is 5.75 Å². The minimum absolute atomic E-state index is 0.211. The zero-order valence-corrected chi connectivity index (χ0v) is 10.9. The van der Waals surface area contributed by atoms with Gasteiger partial charge in [-0.15, -0.1) is 0 Å². The number of carbonyl (C=O) groups excluding carboxylic acids is 1. The Labute approximate surface area is 119 Å². The molecule has 2 rings (SSSR count). The summed E-state index contributed by atoms with van der Waals surface area (Å²) in [6.07, 6.45) is -4.91. The van der Waals surface area contributed by atoms with Gasteiger partial charge in [-0.1, -0.05) is 12.1 Å². The van der Waals surface area contributed by atoms with Crippen LogP contribution in [0.5, 0.6) is 5.75 Å². The Balaban J connectivity index is 2.14. The average Bonchev–Trinajstić information content (AvgIpc) is 2.43. The van der Waals surface area contributed by atoms with Crippen LogP contribution in [0.25, 0.3) is 0 Å². The fourth-order valence-electron chi connectivity index (χ4n) is 2.01. The predicted octanol–water partition coefficient (Wildman–Crippen LogP) is -1.30. The Kier molecular flexibility index (Phi) is 4.45. The quantitative estimate of drug-likeness (QED) is 0.343. The van der Waals surface area contributed by atoms with Gasteiger partial charge in [0.1, 0.15) is 17.4 Å². The molecule has 1 unspecified atom stereocenters. The summed E-state index contributed by atoms with van der Waals surface area (Å²) < 4.78 is 9.56. The fourth-order valence-corrected chi connectivity index (χ4v) is 2.01. The first-order chi connectivity index (χ1) is 9.87. The van der Waals surface area contributed by atoms with Crippen molar-refractivity contribution in [1.29, 1.82) is 0 Å². The average molecular weight is 300 g/mol. The van der Waals surface area contributed by atoms with Crippen molar-refractivity contribution in [3.05, 3.63) is 29.8 Å². The van der Waals surface area contributed by atoms with E-state index >= 15 is 0 Å². The first kappa shape index (κ1) is 15.7. The molecule has 21 heavy (non-hydrogen) atoms. The first-order valence-electron chi connectivity index (χ1n) is 6.23. The number of carbonyl (C=O) groups is 1. The maximum absolute atomic E-state index is 11.9.